The Morgan fingerprint density at radius 2 is 1.52 bits per heavy atom. The molecule has 0 heterocycles. The predicted octanol–water partition coefficient (Wildman–Crippen LogP) is 8.85. The number of Topliss-reactive ketones (excluding diaryl/α,β-unsaturated/α-hetero) is 1. The summed E-state index contributed by atoms with van der Waals surface area (Å²) in [5, 5.41) is 6.13. The molecule has 0 unspecified atom stereocenters. The van der Waals surface area contributed by atoms with Crippen LogP contribution in [0, 0.1) is 11.3 Å². The average Bonchev–Trinajstić information content (AvgIpc) is 3.11. The molecule has 0 fully saturated rings. The van der Waals surface area contributed by atoms with Crippen LogP contribution in [-0.2, 0) is 14.4 Å². The Kier molecular flexibility index (Phi) is 15.6. The van der Waals surface area contributed by atoms with E-state index < -0.39 is 6.04 Å². The van der Waals surface area contributed by atoms with E-state index in [2.05, 4.69) is 77.3 Å². The van der Waals surface area contributed by atoms with Crippen LogP contribution in [-0.4, -0.2) is 30.2 Å². The van der Waals surface area contributed by atoms with Crippen molar-refractivity contribution in [3.8, 4) is 0 Å². The van der Waals surface area contributed by atoms with Gasteiger partial charge in [-0.25, -0.2) is 0 Å². The largest absolute Gasteiger partial charge is 0.354 e. The number of amides is 2. The smallest absolute Gasteiger partial charge is 0.242 e. The van der Waals surface area contributed by atoms with Crippen LogP contribution >= 0.6 is 0 Å². The zero-order valence-electron chi connectivity index (χ0n) is 27.9. The molecule has 0 radical (unpaired) electrons. The lowest BCUT2D eigenvalue weighted by atomic mass is 9.75. The van der Waals surface area contributed by atoms with Crippen molar-refractivity contribution in [1.29, 1.82) is 0 Å². The lowest BCUT2D eigenvalue weighted by Gasteiger charge is -2.29. The second-order valence-electron chi connectivity index (χ2n) is 13.4. The van der Waals surface area contributed by atoms with Crippen molar-refractivity contribution in [2.24, 2.45) is 11.3 Å². The molecule has 0 bridgehead atoms. The highest BCUT2D eigenvalue weighted by molar-refractivity contribution is 5.87. The van der Waals surface area contributed by atoms with Gasteiger partial charge in [0.15, 0.2) is 0 Å². The molecule has 2 amide bonds. The Balaban J connectivity index is 1.73. The maximum atomic E-state index is 13.1. The van der Waals surface area contributed by atoms with Gasteiger partial charge in [-0.3, -0.25) is 14.4 Å². The Labute approximate surface area is 257 Å². The Morgan fingerprint density at radius 1 is 0.857 bits per heavy atom. The van der Waals surface area contributed by atoms with Crippen molar-refractivity contribution < 1.29 is 14.4 Å². The minimum Gasteiger partial charge on any atom is -0.354 e. The highest BCUT2D eigenvalue weighted by Gasteiger charge is 2.36. The van der Waals surface area contributed by atoms with E-state index in [0.29, 0.717) is 43.9 Å². The van der Waals surface area contributed by atoms with E-state index in [1.54, 1.807) is 0 Å². The van der Waals surface area contributed by atoms with Gasteiger partial charge in [0.05, 0.1) is 0 Å². The van der Waals surface area contributed by atoms with Gasteiger partial charge < -0.3 is 10.6 Å². The number of hydrogen-bond donors (Lipinski definition) is 2. The first-order chi connectivity index (χ1) is 20.0. The maximum absolute atomic E-state index is 13.1. The SMILES string of the molecule is CC1=C(C)C(C)(CCC(=O)N[C@@H](CCCCC(C)C)C(=O)NCCCCCC(=O)CCCC2=CC=CCC2)C(C)=C1C. The van der Waals surface area contributed by atoms with E-state index in [9.17, 15) is 14.4 Å². The first kappa shape index (κ1) is 35.8. The molecule has 0 aromatic carbocycles. The van der Waals surface area contributed by atoms with Crippen LogP contribution in [0.5, 0.6) is 0 Å². The topological polar surface area (TPSA) is 75.3 Å². The number of rotatable bonds is 20. The third-order valence-corrected chi connectivity index (χ3v) is 9.86. The van der Waals surface area contributed by atoms with Crippen molar-refractivity contribution >= 4 is 17.6 Å². The average molecular weight is 581 g/mol. The summed E-state index contributed by atoms with van der Waals surface area (Å²) < 4.78 is 0. The fourth-order valence-electron chi connectivity index (χ4n) is 6.30. The normalized spacial score (nSPS) is 17.1. The number of carbonyl (C=O) groups is 3. The van der Waals surface area contributed by atoms with Gasteiger partial charge in [-0.15, -0.1) is 0 Å². The highest BCUT2D eigenvalue weighted by Crippen LogP contribution is 2.49. The first-order valence-corrected chi connectivity index (χ1v) is 16.7. The zero-order chi connectivity index (χ0) is 31.1. The standard InChI is InChI=1S/C37H60N2O3/c1-27(2)17-13-14-23-34(39-35(41)24-25-37(7)30(5)28(3)29(4)31(37)6)36(42)38-26-15-9-12-21-33(40)22-16-20-32-18-10-8-11-19-32/h8,10,18,27,34H,9,11-17,19-26H2,1-7H3,(H,38,42)(H,39,41)/t34-/m0/s1. The Bertz CT molecular complexity index is 1020. The van der Waals surface area contributed by atoms with Crippen molar-refractivity contribution in [2.45, 2.75) is 151 Å². The summed E-state index contributed by atoms with van der Waals surface area (Å²) in [4.78, 5) is 38.4. The first-order valence-electron chi connectivity index (χ1n) is 16.7. The molecule has 2 aliphatic carbocycles. The molecule has 1 atom stereocenters. The minimum absolute atomic E-state index is 0.0437. The van der Waals surface area contributed by atoms with Crippen LogP contribution in [0.25, 0.3) is 0 Å². The minimum atomic E-state index is -0.492. The number of carbonyl (C=O) groups excluding carboxylic acids is 3. The van der Waals surface area contributed by atoms with Crippen LogP contribution in [0.2, 0.25) is 0 Å². The second-order valence-corrected chi connectivity index (χ2v) is 13.4. The molecule has 2 aliphatic rings. The molecule has 2 N–H and O–H groups in total. The number of nitrogens with one attached hydrogen (secondary N) is 2. The second kappa shape index (κ2) is 18.3. The van der Waals surface area contributed by atoms with Gasteiger partial charge in [0.25, 0.3) is 0 Å². The van der Waals surface area contributed by atoms with Crippen LogP contribution in [0.15, 0.2) is 46.1 Å². The van der Waals surface area contributed by atoms with Crippen LogP contribution in [0.3, 0.4) is 0 Å². The van der Waals surface area contributed by atoms with E-state index >= 15 is 0 Å². The number of hydrogen-bond acceptors (Lipinski definition) is 3. The molecule has 0 aromatic rings. The molecule has 0 saturated heterocycles. The van der Waals surface area contributed by atoms with E-state index in [0.717, 1.165) is 70.6 Å². The molecular weight excluding hydrogens is 520 g/mol. The van der Waals surface area contributed by atoms with E-state index in [1.165, 1.54) is 27.9 Å². The molecule has 0 saturated carbocycles. The van der Waals surface area contributed by atoms with Crippen LogP contribution < -0.4 is 10.6 Å². The third-order valence-electron chi connectivity index (χ3n) is 9.86. The van der Waals surface area contributed by atoms with E-state index in [4.69, 9.17) is 0 Å². The Hall–Kier alpha value is -2.43. The van der Waals surface area contributed by atoms with Crippen LogP contribution in [0.4, 0.5) is 0 Å². The summed E-state index contributed by atoms with van der Waals surface area (Å²) in [5.41, 5.74) is 6.75. The summed E-state index contributed by atoms with van der Waals surface area (Å²) in [6.07, 6.45) is 19.6. The van der Waals surface area contributed by atoms with Gasteiger partial charge >= 0.3 is 0 Å². The van der Waals surface area contributed by atoms with Gasteiger partial charge in [-0.05, 0) is 96.1 Å². The van der Waals surface area contributed by atoms with Gasteiger partial charge in [0.1, 0.15) is 11.8 Å². The predicted molar refractivity (Wildman–Crippen MR) is 176 cm³/mol. The molecule has 236 valence electrons. The number of unbranched alkanes of at least 4 members (excludes halogenated alkanes) is 3. The Morgan fingerprint density at radius 3 is 2.17 bits per heavy atom. The van der Waals surface area contributed by atoms with Gasteiger partial charge in [0.2, 0.25) is 11.8 Å². The summed E-state index contributed by atoms with van der Waals surface area (Å²) in [7, 11) is 0. The highest BCUT2D eigenvalue weighted by atomic mass is 16.2. The van der Waals surface area contributed by atoms with Crippen molar-refractivity contribution in [1.82, 2.24) is 10.6 Å². The van der Waals surface area contributed by atoms with E-state index in [1.807, 2.05) is 0 Å². The third kappa shape index (κ3) is 11.7. The number of allylic oxidation sites excluding steroid dienone is 8. The summed E-state index contributed by atoms with van der Waals surface area (Å²) >= 11 is 0. The van der Waals surface area contributed by atoms with Crippen molar-refractivity contribution in [2.75, 3.05) is 6.54 Å². The summed E-state index contributed by atoms with van der Waals surface area (Å²) in [6.45, 7) is 16.0. The fraction of sp³-hybridized carbons (Fsp3) is 0.703. The van der Waals surface area contributed by atoms with Gasteiger partial charge in [0, 0.05) is 31.2 Å². The molecule has 5 heteroatoms. The molecular formula is C37H60N2O3. The molecule has 2 rings (SSSR count). The van der Waals surface area contributed by atoms with Crippen molar-refractivity contribution in [3.63, 3.8) is 0 Å². The quantitative estimate of drug-likeness (QED) is 0.141. The number of ketones is 1. The monoisotopic (exact) mass is 580 g/mol. The molecule has 0 spiro atoms. The molecule has 0 aromatic heterocycles. The van der Waals surface area contributed by atoms with Crippen LogP contribution in [0.1, 0.15) is 145 Å². The summed E-state index contributed by atoms with van der Waals surface area (Å²) in [5.74, 6) is 0.861. The fourth-order valence-corrected chi connectivity index (χ4v) is 6.30. The van der Waals surface area contributed by atoms with Crippen molar-refractivity contribution in [3.05, 3.63) is 46.1 Å². The molecule has 5 nitrogen and oxygen atoms in total. The van der Waals surface area contributed by atoms with Gasteiger partial charge in [-0.1, -0.05) is 81.4 Å². The zero-order valence-corrected chi connectivity index (χ0v) is 27.9. The van der Waals surface area contributed by atoms with Gasteiger partial charge in [-0.2, -0.15) is 0 Å². The lowest BCUT2D eigenvalue weighted by Crippen LogP contribution is -2.47. The van der Waals surface area contributed by atoms with E-state index in [-0.39, 0.29) is 17.2 Å². The summed E-state index contributed by atoms with van der Waals surface area (Å²) in [6, 6.07) is -0.492. The maximum Gasteiger partial charge on any atom is 0.242 e. The lowest BCUT2D eigenvalue weighted by molar-refractivity contribution is -0.129. The molecule has 0 aliphatic heterocycles. The molecule has 42 heavy (non-hydrogen) atoms.